The summed E-state index contributed by atoms with van der Waals surface area (Å²) in [6.45, 7) is 25.8. The van der Waals surface area contributed by atoms with E-state index in [-0.39, 0.29) is 0 Å². The molecule has 0 aromatic rings. The molecule has 0 N–H and O–H groups in total. The minimum absolute atomic E-state index is 0.294. The van der Waals surface area contributed by atoms with Crippen molar-refractivity contribution in [3.8, 4) is 0 Å². The van der Waals surface area contributed by atoms with Crippen molar-refractivity contribution in [3.05, 3.63) is 36.8 Å². The molecule has 0 amide bonds. The van der Waals surface area contributed by atoms with Crippen molar-refractivity contribution >= 4 is 33.8 Å². The van der Waals surface area contributed by atoms with Gasteiger partial charge in [0.25, 0.3) is 0 Å². The maximum absolute atomic E-state index is 4.94. The fourth-order valence-corrected chi connectivity index (χ4v) is 9.15. The molecule has 0 unspecified atom stereocenters. The van der Waals surface area contributed by atoms with Crippen LogP contribution in [-0.4, -0.2) is 47.1 Å². The topological polar surface area (TPSA) is 9.23 Å². The third-order valence-electron chi connectivity index (χ3n) is 7.72. The number of hydrogen-bond acceptors (Lipinski definition) is 1. The second-order valence-corrected chi connectivity index (χ2v) is 12.2. The molecule has 1 saturated heterocycles. The van der Waals surface area contributed by atoms with Crippen LogP contribution in [0.1, 0.15) is 82.1 Å². The summed E-state index contributed by atoms with van der Waals surface area (Å²) in [6.07, 6.45) is 2.56. The van der Waals surface area contributed by atoms with E-state index < -0.39 is 33.8 Å². The monoisotopic (exact) mass is 382 g/mol. The molecule has 2 heteroatoms. The Labute approximate surface area is 180 Å². The van der Waals surface area contributed by atoms with Crippen LogP contribution in [-0.2, 0) is 4.74 Å². The van der Waals surface area contributed by atoms with Crippen molar-refractivity contribution in [2.45, 2.75) is 82.1 Å². The van der Waals surface area contributed by atoms with Crippen molar-refractivity contribution in [2.75, 3.05) is 13.2 Å². The van der Waals surface area contributed by atoms with Crippen LogP contribution in [0.2, 0.25) is 0 Å². The Kier molecular flexibility index (Phi) is 7.15. The van der Waals surface area contributed by atoms with E-state index in [9.17, 15) is 0 Å². The fraction of sp³-hybridized carbons (Fsp3) is 0.667. The van der Waals surface area contributed by atoms with E-state index >= 15 is 0 Å². The van der Waals surface area contributed by atoms with Crippen LogP contribution < -0.4 is 0 Å². The zero-order chi connectivity index (χ0) is 19.9. The van der Waals surface area contributed by atoms with Gasteiger partial charge < -0.3 is 4.74 Å². The molecule has 0 aromatic carbocycles. The van der Waals surface area contributed by atoms with Gasteiger partial charge in [-0.15, -0.1) is 0 Å². The van der Waals surface area contributed by atoms with Gasteiger partial charge in [0, 0.05) is 13.2 Å². The van der Waals surface area contributed by atoms with E-state index in [1.165, 1.54) is 12.8 Å². The quantitative estimate of drug-likeness (QED) is 0.478. The molecule has 1 nitrogen and oxygen atoms in total. The average molecular weight is 383 g/mol. The normalized spacial score (nSPS) is 24.4. The Morgan fingerprint density at radius 1 is 0.615 bits per heavy atom. The van der Waals surface area contributed by atoms with E-state index in [0.29, 0.717) is 10.8 Å². The molecule has 0 atom stereocenters. The van der Waals surface area contributed by atoms with Gasteiger partial charge in [0.1, 0.15) is 0 Å². The van der Waals surface area contributed by atoms with Gasteiger partial charge in [-0.1, -0.05) is 0 Å². The van der Waals surface area contributed by atoms with Gasteiger partial charge in [0.15, 0.2) is 0 Å². The summed E-state index contributed by atoms with van der Waals surface area (Å²) in [4.78, 5) is 0. The Balaban J connectivity index is 0.000000417. The van der Waals surface area contributed by atoms with Crippen molar-refractivity contribution in [2.24, 2.45) is 10.8 Å². The molecule has 0 bridgehead atoms. The molecular formula is C24H38CaO. The molecule has 1 heterocycles. The van der Waals surface area contributed by atoms with Crippen LogP contribution in [0.25, 0.3) is 0 Å². The van der Waals surface area contributed by atoms with Gasteiger partial charge in [0.2, 0.25) is 0 Å². The van der Waals surface area contributed by atoms with Crippen molar-refractivity contribution < 1.29 is 4.74 Å². The second kappa shape index (κ2) is 8.27. The molecule has 2 aliphatic carbocycles. The Morgan fingerprint density at radius 2 is 0.962 bits per heavy atom. The molecule has 0 saturated carbocycles. The zero-order valence-electron chi connectivity index (χ0n) is 18.9. The van der Waals surface area contributed by atoms with Crippen molar-refractivity contribution in [1.29, 1.82) is 0 Å². The van der Waals surface area contributed by atoms with Crippen LogP contribution in [0.5, 0.6) is 0 Å². The first kappa shape index (κ1) is 22.5. The van der Waals surface area contributed by atoms with Crippen LogP contribution in [0.4, 0.5) is 0 Å². The predicted octanol–water partition coefficient (Wildman–Crippen LogP) is 6.79. The average Bonchev–Trinajstić information content (AvgIpc) is 3.24. The minimum atomic E-state index is -0.921. The molecule has 3 aliphatic rings. The second-order valence-electron chi connectivity index (χ2n) is 9.45. The molecule has 142 valence electrons. The van der Waals surface area contributed by atoms with Gasteiger partial charge in [-0.2, -0.15) is 0 Å². The van der Waals surface area contributed by atoms with Gasteiger partial charge >= 0.3 is 151 Å². The number of rotatable bonds is 2. The summed E-state index contributed by atoms with van der Waals surface area (Å²) < 4.78 is 8.57. The standard InChI is InChI=1S/2C10H15.C4H8O.Ca/c2*1-7-6-10(4,5)9(3)8(7)2;1-2-4-5-3-1;/h2*1-5H3;1-4H2;. The summed E-state index contributed by atoms with van der Waals surface area (Å²) in [6, 6.07) is 0. The molecule has 3 rings (SSSR count). The summed E-state index contributed by atoms with van der Waals surface area (Å²) in [5.41, 5.74) is 10.1. The van der Waals surface area contributed by atoms with Gasteiger partial charge in [-0.05, 0) is 12.8 Å². The Hall–Kier alpha value is 0.180. The Morgan fingerprint density at radius 3 is 1.15 bits per heavy atom. The third kappa shape index (κ3) is 3.97. The van der Waals surface area contributed by atoms with E-state index in [1.54, 1.807) is 33.4 Å². The first-order valence-corrected chi connectivity index (χ1v) is 12.5. The number of allylic oxidation sites excluding steroid dienone is 8. The fourth-order valence-electron chi connectivity index (χ4n) is 4.74. The first-order valence-electron chi connectivity index (χ1n) is 10.3. The number of hydrogen-bond donors (Lipinski definition) is 0. The molecule has 1 fully saturated rings. The molecular weight excluding hydrogens is 344 g/mol. The molecule has 0 aromatic heterocycles. The summed E-state index contributed by atoms with van der Waals surface area (Å²) in [5.74, 6) is 0. The SMILES string of the molecule is C1CCOC1.CC1=C(C)C(C)(C)[C]([Ca][C]2=C(C)C(C)=C(C)C2(C)C)=C1C. The van der Waals surface area contributed by atoms with E-state index in [0.717, 1.165) is 13.2 Å². The number of ether oxygens (including phenoxy) is 1. The summed E-state index contributed by atoms with van der Waals surface area (Å²) in [5, 5.41) is 0. The van der Waals surface area contributed by atoms with E-state index in [1.807, 2.05) is 3.34 Å². The van der Waals surface area contributed by atoms with Crippen LogP contribution in [0, 0.1) is 10.8 Å². The van der Waals surface area contributed by atoms with E-state index in [4.69, 9.17) is 4.74 Å². The third-order valence-corrected chi connectivity index (χ3v) is 13.2. The molecule has 1 aliphatic heterocycles. The van der Waals surface area contributed by atoms with E-state index in [2.05, 4.69) is 69.2 Å². The summed E-state index contributed by atoms with van der Waals surface area (Å²) >= 11 is -0.921. The zero-order valence-corrected chi connectivity index (χ0v) is 21.2. The van der Waals surface area contributed by atoms with Gasteiger partial charge in [0.05, 0.1) is 0 Å². The predicted molar refractivity (Wildman–Crippen MR) is 116 cm³/mol. The maximum atomic E-state index is 4.94. The van der Waals surface area contributed by atoms with Crippen molar-refractivity contribution in [3.63, 3.8) is 0 Å². The molecule has 26 heavy (non-hydrogen) atoms. The first-order chi connectivity index (χ1) is 11.9. The van der Waals surface area contributed by atoms with Crippen LogP contribution in [0.3, 0.4) is 0 Å². The summed E-state index contributed by atoms with van der Waals surface area (Å²) in [7, 11) is 0. The Bertz CT molecular complexity index is 643. The van der Waals surface area contributed by atoms with Gasteiger partial charge in [-0.3, -0.25) is 0 Å². The van der Waals surface area contributed by atoms with Crippen LogP contribution >= 0.6 is 0 Å². The molecule has 0 spiro atoms. The van der Waals surface area contributed by atoms with Crippen molar-refractivity contribution in [1.82, 2.24) is 0 Å². The van der Waals surface area contributed by atoms with Crippen LogP contribution in [0.15, 0.2) is 36.8 Å². The molecule has 0 radical (unpaired) electrons. The van der Waals surface area contributed by atoms with Gasteiger partial charge in [-0.25, -0.2) is 0 Å².